The highest BCUT2D eigenvalue weighted by molar-refractivity contribution is 5.75. The number of amides is 2. The van der Waals surface area contributed by atoms with Gasteiger partial charge in [0.25, 0.3) is 0 Å². The predicted molar refractivity (Wildman–Crippen MR) is 199 cm³/mol. The highest BCUT2D eigenvalue weighted by atomic mass is 16.7. The molecule has 0 saturated carbocycles. The van der Waals surface area contributed by atoms with E-state index in [0.717, 1.165) is 44.5 Å². The molecule has 5 atom stereocenters. The van der Waals surface area contributed by atoms with Gasteiger partial charge >= 0.3 is 6.03 Å². The third-order valence-corrected chi connectivity index (χ3v) is 9.65. The number of ether oxygens (including phenoxy) is 2. The van der Waals surface area contributed by atoms with Gasteiger partial charge in [0.05, 0.1) is 24.9 Å². The number of hydrogen-bond acceptors (Lipinski definition) is 6. The summed E-state index contributed by atoms with van der Waals surface area (Å²) in [6.07, 6.45) is -0.980. The fraction of sp³-hybridized carbons (Fsp3) is 0.279. The summed E-state index contributed by atoms with van der Waals surface area (Å²) in [5.41, 5.74) is 7.76. The lowest BCUT2D eigenvalue weighted by atomic mass is 9.97. The molecule has 1 aliphatic rings. The fourth-order valence-electron chi connectivity index (χ4n) is 6.48. The van der Waals surface area contributed by atoms with Crippen LogP contribution in [0.5, 0.6) is 0 Å². The van der Waals surface area contributed by atoms with Crippen LogP contribution in [0.2, 0.25) is 0 Å². The average molecular weight is 686 g/mol. The van der Waals surface area contributed by atoms with Gasteiger partial charge < -0.3 is 30.3 Å². The van der Waals surface area contributed by atoms with Crippen LogP contribution >= 0.6 is 0 Å². The number of likely N-dealkylation sites (N-methyl/N-ethyl adjacent to an activating group) is 1. The van der Waals surface area contributed by atoms with Crippen molar-refractivity contribution in [3.8, 4) is 11.1 Å². The monoisotopic (exact) mass is 685 g/mol. The number of benzene rings is 5. The Balaban J connectivity index is 1.15. The summed E-state index contributed by atoms with van der Waals surface area (Å²) < 4.78 is 13.2. The van der Waals surface area contributed by atoms with E-state index in [-0.39, 0.29) is 30.9 Å². The van der Waals surface area contributed by atoms with E-state index in [2.05, 4.69) is 33.7 Å². The third-order valence-electron chi connectivity index (χ3n) is 9.65. The van der Waals surface area contributed by atoms with Crippen LogP contribution in [-0.2, 0) is 29.2 Å². The molecule has 8 heteroatoms. The molecule has 2 amide bonds. The first-order valence-corrected chi connectivity index (χ1v) is 17.6. The molecular weight excluding hydrogens is 638 g/mol. The molecule has 5 aromatic rings. The lowest BCUT2D eigenvalue weighted by Gasteiger charge is -2.39. The second-order valence-corrected chi connectivity index (χ2v) is 13.2. The van der Waals surface area contributed by atoms with Crippen LogP contribution in [0.4, 0.5) is 4.79 Å². The molecular formula is C43H47N3O5. The van der Waals surface area contributed by atoms with Gasteiger partial charge in [-0.25, -0.2) is 4.79 Å². The standard InChI is InChI=1S/C43H47N3O5/c1-30(41(48)35-13-7-4-8-14-35)46(2)28-38-25-40(34-19-17-32(29-47)18-20-34)51-42(50-38)36-23-21-33(22-24-36)39-16-10-9-15-37(39)27-45-43(49)44-26-31-11-5-3-6-12-31/h3-24,30,38,40-42,47-48H,25-29H2,1-2H3,(H2,44,45,49). The Labute approximate surface area is 300 Å². The van der Waals surface area contributed by atoms with E-state index >= 15 is 0 Å². The van der Waals surface area contributed by atoms with Crippen molar-refractivity contribution in [2.24, 2.45) is 0 Å². The minimum absolute atomic E-state index is 0.0143. The maximum atomic E-state index is 12.6. The maximum absolute atomic E-state index is 12.6. The van der Waals surface area contributed by atoms with E-state index in [4.69, 9.17) is 9.47 Å². The molecule has 51 heavy (non-hydrogen) atoms. The van der Waals surface area contributed by atoms with Gasteiger partial charge in [-0.1, -0.05) is 133 Å². The molecule has 0 radical (unpaired) electrons. The first-order chi connectivity index (χ1) is 24.9. The van der Waals surface area contributed by atoms with Crippen LogP contribution in [0.25, 0.3) is 11.1 Å². The first kappa shape index (κ1) is 36.0. The summed E-state index contributed by atoms with van der Waals surface area (Å²) in [6.45, 7) is 3.47. The van der Waals surface area contributed by atoms with Gasteiger partial charge in [-0.15, -0.1) is 0 Å². The molecule has 4 N–H and O–H groups in total. The van der Waals surface area contributed by atoms with E-state index in [1.54, 1.807) is 0 Å². The summed E-state index contributed by atoms with van der Waals surface area (Å²) in [6, 6.07) is 43.3. The van der Waals surface area contributed by atoms with Gasteiger partial charge in [-0.2, -0.15) is 0 Å². The van der Waals surface area contributed by atoms with E-state index in [9.17, 15) is 15.0 Å². The number of urea groups is 1. The molecule has 0 bridgehead atoms. The van der Waals surface area contributed by atoms with Crippen LogP contribution in [0.3, 0.4) is 0 Å². The SMILES string of the molecule is CC(C(O)c1ccccc1)N(C)CC1CC(c2ccc(CO)cc2)OC(c2ccc(-c3ccccc3CNC(=O)NCc3ccccc3)cc2)O1. The van der Waals surface area contributed by atoms with Crippen molar-refractivity contribution in [3.05, 3.63) is 167 Å². The molecule has 1 heterocycles. The predicted octanol–water partition coefficient (Wildman–Crippen LogP) is 7.44. The molecule has 5 aromatic carbocycles. The number of hydrogen-bond donors (Lipinski definition) is 4. The number of rotatable bonds is 13. The third kappa shape index (κ3) is 9.49. The molecule has 1 saturated heterocycles. The van der Waals surface area contributed by atoms with Gasteiger partial charge in [0.2, 0.25) is 0 Å². The number of carbonyl (C=O) groups excluding carboxylic acids is 1. The van der Waals surface area contributed by atoms with E-state index in [0.29, 0.717) is 26.1 Å². The zero-order valence-corrected chi connectivity index (χ0v) is 29.2. The van der Waals surface area contributed by atoms with Crippen molar-refractivity contribution in [1.82, 2.24) is 15.5 Å². The highest BCUT2D eigenvalue weighted by Gasteiger charge is 2.34. The normalized spacial score (nSPS) is 18.6. The summed E-state index contributed by atoms with van der Waals surface area (Å²) >= 11 is 0. The molecule has 5 unspecified atom stereocenters. The van der Waals surface area contributed by atoms with Crippen LogP contribution < -0.4 is 10.6 Å². The molecule has 0 aliphatic carbocycles. The highest BCUT2D eigenvalue weighted by Crippen LogP contribution is 2.39. The van der Waals surface area contributed by atoms with E-state index < -0.39 is 12.4 Å². The smallest absolute Gasteiger partial charge is 0.315 e. The lowest BCUT2D eigenvalue weighted by Crippen LogP contribution is -2.43. The molecule has 8 nitrogen and oxygen atoms in total. The largest absolute Gasteiger partial charge is 0.392 e. The zero-order chi connectivity index (χ0) is 35.6. The summed E-state index contributed by atoms with van der Waals surface area (Å²) in [5, 5.41) is 26.6. The molecule has 6 rings (SSSR count). The van der Waals surface area contributed by atoms with E-state index in [1.165, 1.54) is 0 Å². The van der Waals surface area contributed by atoms with Gasteiger partial charge in [-0.05, 0) is 52.9 Å². The maximum Gasteiger partial charge on any atom is 0.315 e. The Morgan fingerprint density at radius 2 is 1.39 bits per heavy atom. The van der Waals surface area contributed by atoms with Crippen molar-refractivity contribution in [1.29, 1.82) is 0 Å². The fourth-order valence-corrected chi connectivity index (χ4v) is 6.48. The van der Waals surface area contributed by atoms with Gasteiger partial charge in [0.15, 0.2) is 6.29 Å². The first-order valence-electron chi connectivity index (χ1n) is 17.6. The van der Waals surface area contributed by atoms with Gasteiger partial charge in [-0.3, -0.25) is 4.90 Å². The summed E-state index contributed by atoms with van der Waals surface area (Å²) in [7, 11) is 2.02. The number of nitrogens with one attached hydrogen (secondary N) is 2. The summed E-state index contributed by atoms with van der Waals surface area (Å²) in [5.74, 6) is 0. The molecule has 0 aromatic heterocycles. The number of aliphatic hydroxyl groups is 2. The van der Waals surface area contributed by atoms with Crippen molar-refractivity contribution in [3.63, 3.8) is 0 Å². The van der Waals surface area contributed by atoms with Crippen LogP contribution in [0, 0.1) is 0 Å². The molecule has 0 spiro atoms. The van der Waals surface area contributed by atoms with Crippen LogP contribution in [0.1, 0.15) is 65.2 Å². The lowest BCUT2D eigenvalue weighted by molar-refractivity contribution is -0.253. The van der Waals surface area contributed by atoms with Gasteiger partial charge in [0.1, 0.15) is 0 Å². The minimum atomic E-state index is -0.636. The Morgan fingerprint density at radius 3 is 2.10 bits per heavy atom. The zero-order valence-electron chi connectivity index (χ0n) is 29.2. The van der Waals surface area contributed by atoms with E-state index in [1.807, 2.05) is 129 Å². The van der Waals surface area contributed by atoms with Crippen molar-refractivity contribution >= 4 is 6.03 Å². The minimum Gasteiger partial charge on any atom is -0.392 e. The summed E-state index contributed by atoms with van der Waals surface area (Å²) in [4.78, 5) is 14.7. The topological polar surface area (TPSA) is 103 Å². The Bertz CT molecular complexity index is 1820. The number of aliphatic hydroxyl groups excluding tert-OH is 2. The van der Waals surface area contributed by atoms with Crippen molar-refractivity contribution < 1.29 is 24.5 Å². The molecule has 1 aliphatic heterocycles. The van der Waals surface area contributed by atoms with Crippen molar-refractivity contribution in [2.45, 2.75) is 63.7 Å². The second-order valence-electron chi connectivity index (χ2n) is 13.2. The van der Waals surface area contributed by atoms with Crippen molar-refractivity contribution in [2.75, 3.05) is 13.6 Å². The molecule has 264 valence electrons. The average Bonchev–Trinajstić information content (AvgIpc) is 3.19. The van der Waals surface area contributed by atoms with Crippen LogP contribution in [-0.4, -0.2) is 46.9 Å². The van der Waals surface area contributed by atoms with Crippen LogP contribution in [0.15, 0.2) is 133 Å². The number of nitrogens with zero attached hydrogens (tertiary/aromatic N) is 1. The number of carbonyl (C=O) groups is 1. The Hall–Kier alpha value is -4.83. The van der Waals surface area contributed by atoms with Gasteiger partial charge in [0, 0.05) is 37.7 Å². The molecule has 1 fully saturated rings. The Morgan fingerprint density at radius 1 is 0.765 bits per heavy atom. The quantitative estimate of drug-likeness (QED) is 0.103. The second kappa shape index (κ2) is 17.4. The Kier molecular flexibility index (Phi) is 12.3.